The molecular weight excluding hydrogens is 284 g/mol. The van der Waals surface area contributed by atoms with Crippen molar-refractivity contribution in [3.63, 3.8) is 0 Å². The van der Waals surface area contributed by atoms with Crippen LogP contribution < -0.4 is 4.90 Å². The molecule has 0 atom stereocenters. The SMILES string of the molecule is CN1CCN(c2ccc(C3(CC(=O)O)CC3)cc2)C(=O)C1=O. The Balaban J connectivity index is 1.79. The zero-order chi connectivity index (χ0) is 15.9. The summed E-state index contributed by atoms with van der Waals surface area (Å²) < 4.78 is 0. The fourth-order valence-corrected chi connectivity index (χ4v) is 2.98. The van der Waals surface area contributed by atoms with E-state index in [9.17, 15) is 14.4 Å². The summed E-state index contributed by atoms with van der Waals surface area (Å²) in [7, 11) is 1.61. The Morgan fingerprint density at radius 3 is 2.32 bits per heavy atom. The molecule has 1 N–H and O–H groups in total. The molecule has 0 aromatic heterocycles. The van der Waals surface area contributed by atoms with Crippen LogP contribution in [0, 0.1) is 0 Å². The van der Waals surface area contributed by atoms with Crippen LogP contribution in [-0.4, -0.2) is 47.9 Å². The molecule has 0 spiro atoms. The lowest BCUT2D eigenvalue weighted by Gasteiger charge is -2.31. The van der Waals surface area contributed by atoms with Crippen molar-refractivity contribution in [2.45, 2.75) is 24.7 Å². The number of carbonyl (C=O) groups excluding carboxylic acids is 2. The molecule has 0 radical (unpaired) electrons. The van der Waals surface area contributed by atoms with Gasteiger partial charge < -0.3 is 14.9 Å². The fraction of sp³-hybridized carbons (Fsp3) is 0.438. The summed E-state index contributed by atoms with van der Waals surface area (Å²) in [5, 5.41) is 9.00. The predicted octanol–water partition coefficient (Wildman–Crippen LogP) is 0.998. The Hall–Kier alpha value is -2.37. The number of hydrogen-bond acceptors (Lipinski definition) is 3. The summed E-state index contributed by atoms with van der Waals surface area (Å²) in [6, 6.07) is 7.35. The van der Waals surface area contributed by atoms with Gasteiger partial charge in [0.15, 0.2) is 0 Å². The van der Waals surface area contributed by atoms with Crippen LogP contribution in [0.1, 0.15) is 24.8 Å². The van der Waals surface area contributed by atoms with E-state index in [0.717, 1.165) is 18.4 Å². The number of carboxylic acids is 1. The minimum atomic E-state index is -0.790. The first-order valence-electron chi connectivity index (χ1n) is 7.32. The average molecular weight is 302 g/mol. The Kier molecular flexibility index (Phi) is 3.39. The number of piperazine rings is 1. The summed E-state index contributed by atoms with van der Waals surface area (Å²) >= 11 is 0. The van der Waals surface area contributed by atoms with Crippen molar-refractivity contribution in [2.24, 2.45) is 0 Å². The van der Waals surface area contributed by atoms with Crippen LogP contribution >= 0.6 is 0 Å². The first-order chi connectivity index (χ1) is 10.4. The number of hydrogen-bond donors (Lipinski definition) is 1. The van der Waals surface area contributed by atoms with Gasteiger partial charge in [-0.25, -0.2) is 0 Å². The number of anilines is 1. The van der Waals surface area contributed by atoms with E-state index in [4.69, 9.17) is 5.11 Å². The Morgan fingerprint density at radius 1 is 1.14 bits per heavy atom. The highest BCUT2D eigenvalue weighted by Gasteiger charge is 2.46. The molecule has 0 bridgehead atoms. The lowest BCUT2D eigenvalue weighted by atomic mass is 9.92. The molecule has 2 amide bonds. The van der Waals surface area contributed by atoms with Gasteiger partial charge in [-0.05, 0) is 30.5 Å². The van der Waals surface area contributed by atoms with Crippen molar-refractivity contribution < 1.29 is 19.5 Å². The van der Waals surface area contributed by atoms with Crippen LogP contribution in [0.25, 0.3) is 0 Å². The number of amides is 2. The smallest absolute Gasteiger partial charge is 0.316 e. The van der Waals surface area contributed by atoms with Crippen molar-refractivity contribution in [2.75, 3.05) is 25.0 Å². The second-order valence-corrected chi connectivity index (χ2v) is 6.08. The molecule has 1 saturated carbocycles. The predicted molar refractivity (Wildman–Crippen MR) is 79.6 cm³/mol. The van der Waals surface area contributed by atoms with Gasteiger partial charge in [0.05, 0.1) is 6.42 Å². The second kappa shape index (κ2) is 5.12. The maximum absolute atomic E-state index is 12.0. The van der Waals surface area contributed by atoms with Crippen molar-refractivity contribution in [1.82, 2.24) is 4.90 Å². The van der Waals surface area contributed by atoms with Gasteiger partial charge >= 0.3 is 17.8 Å². The molecule has 116 valence electrons. The van der Waals surface area contributed by atoms with Crippen LogP contribution in [0.4, 0.5) is 5.69 Å². The second-order valence-electron chi connectivity index (χ2n) is 6.08. The third-order valence-corrected chi connectivity index (χ3v) is 4.57. The molecule has 1 aliphatic heterocycles. The van der Waals surface area contributed by atoms with Crippen molar-refractivity contribution in [3.8, 4) is 0 Å². The van der Waals surface area contributed by atoms with Crippen LogP contribution in [0.3, 0.4) is 0 Å². The number of likely N-dealkylation sites (N-methyl/N-ethyl adjacent to an activating group) is 1. The van der Waals surface area contributed by atoms with Gasteiger partial charge in [-0.1, -0.05) is 12.1 Å². The Bertz CT molecular complexity index is 634. The lowest BCUT2D eigenvalue weighted by Crippen LogP contribution is -2.53. The molecule has 2 aliphatic rings. The molecule has 3 rings (SSSR count). The zero-order valence-corrected chi connectivity index (χ0v) is 12.4. The lowest BCUT2D eigenvalue weighted by molar-refractivity contribution is -0.145. The summed E-state index contributed by atoms with van der Waals surface area (Å²) in [5.41, 5.74) is 1.43. The van der Waals surface area contributed by atoms with Crippen molar-refractivity contribution >= 4 is 23.5 Å². The average Bonchev–Trinajstić information content (AvgIpc) is 3.25. The van der Waals surface area contributed by atoms with Gasteiger partial charge in [0.2, 0.25) is 0 Å². The van der Waals surface area contributed by atoms with Crippen LogP contribution in [0.15, 0.2) is 24.3 Å². The Labute approximate surface area is 128 Å². The largest absolute Gasteiger partial charge is 0.481 e. The quantitative estimate of drug-likeness (QED) is 0.842. The van der Waals surface area contributed by atoms with E-state index < -0.39 is 17.8 Å². The van der Waals surface area contributed by atoms with Gasteiger partial charge in [0.25, 0.3) is 0 Å². The molecule has 1 heterocycles. The van der Waals surface area contributed by atoms with Crippen molar-refractivity contribution in [1.29, 1.82) is 0 Å². The number of carboxylic acid groups (broad SMARTS) is 1. The van der Waals surface area contributed by atoms with E-state index in [1.807, 2.05) is 12.1 Å². The first kappa shape index (κ1) is 14.6. The van der Waals surface area contributed by atoms with Gasteiger partial charge in [0, 0.05) is 31.2 Å². The molecule has 0 unspecified atom stereocenters. The van der Waals surface area contributed by atoms with E-state index in [0.29, 0.717) is 18.8 Å². The molecule has 6 nitrogen and oxygen atoms in total. The van der Waals surface area contributed by atoms with E-state index >= 15 is 0 Å². The fourth-order valence-electron chi connectivity index (χ4n) is 2.98. The Morgan fingerprint density at radius 2 is 1.77 bits per heavy atom. The van der Waals surface area contributed by atoms with E-state index in [1.54, 1.807) is 19.2 Å². The minimum absolute atomic E-state index is 0.137. The summed E-state index contributed by atoms with van der Waals surface area (Å²) in [6.07, 6.45) is 1.90. The van der Waals surface area contributed by atoms with E-state index in [1.165, 1.54) is 9.80 Å². The van der Waals surface area contributed by atoms with Gasteiger partial charge in [0.1, 0.15) is 0 Å². The molecule has 6 heteroatoms. The number of aliphatic carboxylic acids is 1. The van der Waals surface area contributed by atoms with Crippen LogP contribution in [0.5, 0.6) is 0 Å². The molecule has 22 heavy (non-hydrogen) atoms. The first-order valence-corrected chi connectivity index (χ1v) is 7.32. The topological polar surface area (TPSA) is 77.9 Å². The monoisotopic (exact) mass is 302 g/mol. The summed E-state index contributed by atoms with van der Waals surface area (Å²) in [5.74, 6) is -1.81. The van der Waals surface area contributed by atoms with Crippen molar-refractivity contribution in [3.05, 3.63) is 29.8 Å². The summed E-state index contributed by atoms with van der Waals surface area (Å²) in [4.78, 5) is 37.6. The number of carbonyl (C=O) groups is 3. The van der Waals surface area contributed by atoms with Gasteiger partial charge in [-0.2, -0.15) is 0 Å². The number of rotatable bonds is 4. The highest BCUT2D eigenvalue weighted by atomic mass is 16.4. The minimum Gasteiger partial charge on any atom is -0.481 e. The third kappa shape index (κ3) is 2.45. The molecular formula is C16H18N2O4. The van der Waals surface area contributed by atoms with Gasteiger partial charge in [-0.3, -0.25) is 14.4 Å². The van der Waals surface area contributed by atoms with E-state index in [2.05, 4.69) is 0 Å². The normalized spacial score (nSPS) is 20.2. The molecule has 1 aromatic carbocycles. The van der Waals surface area contributed by atoms with E-state index in [-0.39, 0.29) is 11.8 Å². The molecule has 2 fully saturated rings. The zero-order valence-electron chi connectivity index (χ0n) is 12.4. The molecule has 1 aliphatic carbocycles. The van der Waals surface area contributed by atoms with Gasteiger partial charge in [-0.15, -0.1) is 0 Å². The highest BCUT2D eigenvalue weighted by Crippen LogP contribution is 2.51. The highest BCUT2D eigenvalue weighted by molar-refractivity contribution is 6.40. The van der Waals surface area contributed by atoms with Crippen LogP contribution in [0.2, 0.25) is 0 Å². The molecule has 1 aromatic rings. The standard InChI is InChI=1S/C16H18N2O4/c1-17-8-9-18(15(22)14(17)21)12-4-2-11(3-5-12)16(6-7-16)10-13(19)20/h2-5H,6-10H2,1H3,(H,19,20). The molecule has 1 saturated heterocycles. The van der Waals surface area contributed by atoms with Crippen LogP contribution in [-0.2, 0) is 19.8 Å². The maximum atomic E-state index is 12.0. The summed E-state index contributed by atoms with van der Waals surface area (Å²) in [6.45, 7) is 0.982. The number of benzene rings is 1. The number of nitrogens with zero attached hydrogens (tertiary/aromatic N) is 2. The maximum Gasteiger partial charge on any atom is 0.316 e. The third-order valence-electron chi connectivity index (χ3n) is 4.57.